The molecule has 0 aliphatic carbocycles. The van der Waals surface area contributed by atoms with Crippen molar-refractivity contribution in [2.45, 2.75) is 12.2 Å². The van der Waals surface area contributed by atoms with Crippen LogP contribution in [0, 0.1) is 0 Å². The highest BCUT2D eigenvalue weighted by molar-refractivity contribution is 7.81. The molecule has 3 amide bonds. The molecule has 14 heavy (non-hydrogen) atoms. The molecule has 0 aromatic rings. The van der Waals surface area contributed by atoms with Gasteiger partial charge in [0.1, 0.15) is 0 Å². The van der Waals surface area contributed by atoms with Gasteiger partial charge in [-0.25, -0.2) is 4.79 Å². The Bertz CT molecular complexity index is 185. The van der Waals surface area contributed by atoms with Crippen LogP contribution in [0.5, 0.6) is 0 Å². The number of nitrogens with one attached hydrogen (secondary N) is 2. The summed E-state index contributed by atoms with van der Waals surface area (Å²) in [6, 6.07) is -0.168. The van der Waals surface area contributed by atoms with Crippen molar-refractivity contribution >= 4 is 24.6 Å². The summed E-state index contributed by atoms with van der Waals surface area (Å²) in [5.41, 5.74) is 0. The zero-order valence-corrected chi connectivity index (χ0v) is 9.60. The monoisotopic (exact) mass is 219 g/mol. The normalized spacial score (nSPS) is 11.7. The van der Waals surface area contributed by atoms with Gasteiger partial charge in [0, 0.05) is 27.2 Å². The number of carbonyl (C=O) groups is 2. The van der Waals surface area contributed by atoms with E-state index >= 15 is 0 Å². The number of rotatable bonds is 4. The van der Waals surface area contributed by atoms with Gasteiger partial charge in [0.15, 0.2) is 0 Å². The highest BCUT2D eigenvalue weighted by atomic mass is 32.1. The van der Waals surface area contributed by atoms with Crippen LogP contribution >= 0.6 is 12.6 Å². The van der Waals surface area contributed by atoms with Crippen molar-refractivity contribution in [2.75, 3.05) is 27.2 Å². The Morgan fingerprint density at radius 2 is 1.79 bits per heavy atom. The van der Waals surface area contributed by atoms with Crippen LogP contribution in [0.15, 0.2) is 0 Å². The fourth-order valence-electron chi connectivity index (χ4n) is 0.661. The predicted octanol–water partition coefficient (Wildman–Crippen LogP) is -0.308. The van der Waals surface area contributed by atoms with Gasteiger partial charge in [-0.1, -0.05) is 0 Å². The maximum Gasteiger partial charge on any atom is 0.316 e. The molecule has 0 aromatic heterocycles. The van der Waals surface area contributed by atoms with Crippen molar-refractivity contribution in [2.24, 2.45) is 0 Å². The van der Waals surface area contributed by atoms with Crippen molar-refractivity contribution in [1.29, 1.82) is 0 Å². The summed E-state index contributed by atoms with van der Waals surface area (Å²) in [5, 5.41) is 4.93. The van der Waals surface area contributed by atoms with E-state index in [0.29, 0.717) is 13.1 Å². The average Bonchev–Trinajstić information content (AvgIpc) is 2.11. The molecule has 1 unspecified atom stereocenters. The highest BCUT2D eigenvalue weighted by Gasteiger charge is 2.06. The maximum atomic E-state index is 11.0. The smallest absolute Gasteiger partial charge is 0.316 e. The molecule has 6 heteroatoms. The fraction of sp³-hybridized carbons (Fsp3) is 0.750. The zero-order chi connectivity index (χ0) is 11.1. The fourth-order valence-corrected chi connectivity index (χ4v) is 0.752. The molecule has 1 atom stereocenters. The molecule has 82 valence electrons. The summed E-state index contributed by atoms with van der Waals surface area (Å²) in [6.07, 6.45) is 0. The van der Waals surface area contributed by atoms with Gasteiger partial charge in [0.05, 0.1) is 5.25 Å². The third kappa shape index (κ3) is 5.69. The molecule has 0 heterocycles. The van der Waals surface area contributed by atoms with Crippen LogP contribution in [0.1, 0.15) is 6.92 Å². The number of urea groups is 1. The summed E-state index contributed by atoms with van der Waals surface area (Å²) in [7, 11) is 3.31. The Labute approximate surface area is 89.6 Å². The molecular formula is C8H17N3O2S. The summed E-state index contributed by atoms with van der Waals surface area (Å²) >= 11 is 3.96. The minimum absolute atomic E-state index is 0.132. The van der Waals surface area contributed by atoms with Crippen LogP contribution in [0.3, 0.4) is 0 Å². The maximum absolute atomic E-state index is 11.0. The first kappa shape index (κ1) is 13.1. The molecule has 0 saturated carbocycles. The summed E-state index contributed by atoms with van der Waals surface area (Å²) in [6.45, 7) is 2.53. The van der Waals surface area contributed by atoms with E-state index in [-0.39, 0.29) is 17.2 Å². The first-order valence-electron chi connectivity index (χ1n) is 4.36. The number of hydrogen-bond acceptors (Lipinski definition) is 3. The van der Waals surface area contributed by atoms with Crippen molar-refractivity contribution in [3.05, 3.63) is 0 Å². The van der Waals surface area contributed by atoms with Crippen molar-refractivity contribution in [1.82, 2.24) is 15.5 Å². The van der Waals surface area contributed by atoms with E-state index in [0.717, 1.165) is 0 Å². The minimum Gasteiger partial charge on any atom is -0.353 e. The molecule has 0 rings (SSSR count). The van der Waals surface area contributed by atoms with Gasteiger partial charge < -0.3 is 15.5 Å². The summed E-state index contributed by atoms with van der Waals surface area (Å²) in [5.74, 6) is -0.132. The van der Waals surface area contributed by atoms with Crippen LogP contribution in [0.25, 0.3) is 0 Å². The van der Waals surface area contributed by atoms with Gasteiger partial charge in [-0.3, -0.25) is 4.79 Å². The second-order valence-electron chi connectivity index (χ2n) is 3.09. The third-order valence-electron chi connectivity index (χ3n) is 1.49. The topological polar surface area (TPSA) is 61.4 Å². The largest absolute Gasteiger partial charge is 0.353 e. The van der Waals surface area contributed by atoms with Gasteiger partial charge in [-0.2, -0.15) is 12.6 Å². The Balaban J connectivity index is 3.48. The number of amides is 3. The van der Waals surface area contributed by atoms with Crippen LogP contribution in [-0.4, -0.2) is 49.3 Å². The van der Waals surface area contributed by atoms with E-state index in [4.69, 9.17) is 0 Å². The minimum atomic E-state index is -0.320. The number of nitrogens with zero attached hydrogens (tertiary/aromatic N) is 1. The first-order chi connectivity index (χ1) is 6.45. The molecule has 0 fully saturated rings. The van der Waals surface area contributed by atoms with Gasteiger partial charge in [0.25, 0.3) is 0 Å². The van der Waals surface area contributed by atoms with Gasteiger partial charge in [-0.05, 0) is 6.92 Å². The Morgan fingerprint density at radius 3 is 2.21 bits per heavy atom. The molecule has 2 N–H and O–H groups in total. The van der Waals surface area contributed by atoms with E-state index in [1.54, 1.807) is 21.0 Å². The average molecular weight is 219 g/mol. The second kappa shape index (κ2) is 6.53. The van der Waals surface area contributed by atoms with Gasteiger partial charge in [-0.15, -0.1) is 0 Å². The van der Waals surface area contributed by atoms with E-state index in [1.807, 2.05) is 0 Å². The number of carbonyl (C=O) groups excluding carboxylic acids is 2. The lowest BCUT2D eigenvalue weighted by Crippen LogP contribution is -2.40. The van der Waals surface area contributed by atoms with E-state index < -0.39 is 0 Å². The Morgan fingerprint density at radius 1 is 1.29 bits per heavy atom. The highest BCUT2D eigenvalue weighted by Crippen LogP contribution is 1.89. The van der Waals surface area contributed by atoms with Crippen LogP contribution in [-0.2, 0) is 4.79 Å². The van der Waals surface area contributed by atoms with Crippen LogP contribution in [0.4, 0.5) is 4.79 Å². The number of hydrogen-bond donors (Lipinski definition) is 3. The molecule has 5 nitrogen and oxygen atoms in total. The molecule has 0 aliphatic heterocycles. The molecule has 0 aromatic carbocycles. The van der Waals surface area contributed by atoms with Crippen LogP contribution < -0.4 is 10.6 Å². The first-order valence-corrected chi connectivity index (χ1v) is 4.87. The lowest BCUT2D eigenvalue weighted by atomic mass is 10.4. The third-order valence-corrected chi connectivity index (χ3v) is 1.72. The predicted molar refractivity (Wildman–Crippen MR) is 58.5 cm³/mol. The van der Waals surface area contributed by atoms with Gasteiger partial charge in [0.2, 0.25) is 5.91 Å². The molecule has 0 saturated heterocycles. The SMILES string of the molecule is CC(S)C(=O)NCCNC(=O)N(C)C. The van der Waals surface area contributed by atoms with E-state index in [9.17, 15) is 9.59 Å². The standard InChI is InChI=1S/C8H17N3O2S/c1-6(14)7(12)9-4-5-10-8(13)11(2)3/h6,14H,4-5H2,1-3H3,(H,9,12)(H,10,13). The van der Waals surface area contributed by atoms with Gasteiger partial charge >= 0.3 is 6.03 Å². The van der Waals surface area contributed by atoms with Crippen molar-refractivity contribution in [3.8, 4) is 0 Å². The molecule has 0 aliphatic rings. The number of thiol groups is 1. The summed E-state index contributed by atoms with van der Waals surface area (Å²) in [4.78, 5) is 23.5. The molecule has 0 bridgehead atoms. The Kier molecular flexibility index (Phi) is 6.11. The lowest BCUT2D eigenvalue weighted by molar-refractivity contribution is -0.120. The van der Waals surface area contributed by atoms with Crippen LogP contribution in [0.2, 0.25) is 0 Å². The lowest BCUT2D eigenvalue weighted by Gasteiger charge is -2.12. The summed E-state index contributed by atoms with van der Waals surface area (Å²) < 4.78 is 0. The van der Waals surface area contributed by atoms with E-state index in [2.05, 4.69) is 23.3 Å². The zero-order valence-electron chi connectivity index (χ0n) is 8.70. The Hall–Kier alpha value is -0.910. The molecule has 0 radical (unpaired) electrons. The molecular weight excluding hydrogens is 202 g/mol. The quantitative estimate of drug-likeness (QED) is 0.449. The van der Waals surface area contributed by atoms with Crippen molar-refractivity contribution in [3.63, 3.8) is 0 Å². The van der Waals surface area contributed by atoms with Crippen molar-refractivity contribution < 1.29 is 9.59 Å². The van der Waals surface area contributed by atoms with E-state index in [1.165, 1.54) is 4.90 Å². The second-order valence-corrected chi connectivity index (χ2v) is 3.87. The molecule has 0 spiro atoms.